The van der Waals surface area contributed by atoms with E-state index in [0.29, 0.717) is 18.9 Å². The van der Waals surface area contributed by atoms with Gasteiger partial charge >= 0.3 is 6.09 Å². The van der Waals surface area contributed by atoms with Crippen LogP contribution in [-0.4, -0.2) is 39.5 Å². The van der Waals surface area contributed by atoms with Gasteiger partial charge in [0.15, 0.2) is 0 Å². The van der Waals surface area contributed by atoms with Gasteiger partial charge in [-0.15, -0.1) is 0 Å². The van der Waals surface area contributed by atoms with Crippen LogP contribution in [-0.2, 0) is 4.74 Å². The summed E-state index contributed by atoms with van der Waals surface area (Å²) in [5, 5.41) is 4.18. The second kappa shape index (κ2) is 4.51. The predicted molar refractivity (Wildman–Crippen MR) is 68.1 cm³/mol. The summed E-state index contributed by atoms with van der Waals surface area (Å²) >= 11 is 0. The Labute approximate surface area is 107 Å². The summed E-state index contributed by atoms with van der Waals surface area (Å²) in [5.41, 5.74) is 5.35. The van der Waals surface area contributed by atoms with E-state index in [-0.39, 0.29) is 12.1 Å². The van der Waals surface area contributed by atoms with Gasteiger partial charge in [0.2, 0.25) is 0 Å². The van der Waals surface area contributed by atoms with Gasteiger partial charge in [-0.1, -0.05) is 0 Å². The fraction of sp³-hybridized carbons (Fsp3) is 0.667. The molecule has 0 aromatic carbocycles. The predicted octanol–water partition coefficient (Wildman–Crippen LogP) is 1.65. The largest absolute Gasteiger partial charge is 0.444 e. The first-order valence-electron chi connectivity index (χ1n) is 6.14. The van der Waals surface area contributed by atoms with Gasteiger partial charge in [0.05, 0.1) is 12.2 Å². The molecule has 2 N–H and O–H groups in total. The van der Waals surface area contributed by atoms with Crippen LogP contribution in [0.4, 0.5) is 10.6 Å². The maximum absolute atomic E-state index is 11.9. The number of carbonyl (C=O) groups excluding carboxylic acids is 1. The molecule has 1 aliphatic heterocycles. The third kappa shape index (κ3) is 2.75. The van der Waals surface area contributed by atoms with Crippen molar-refractivity contribution in [2.45, 2.75) is 38.8 Å². The van der Waals surface area contributed by atoms with Gasteiger partial charge in [-0.25, -0.2) is 9.48 Å². The quantitative estimate of drug-likeness (QED) is 0.824. The van der Waals surface area contributed by atoms with E-state index in [1.165, 1.54) is 0 Å². The van der Waals surface area contributed by atoms with Gasteiger partial charge in [-0.2, -0.15) is 5.10 Å². The molecule has 1 unspecified atom stereocenters. The van der Waals surface area contributed by atoms with E-state index in [9.17, 15) is 4.79 Å². The van der Waals surface area contributed by atoms with Crippen molar-refractivity contribution in [3.63, 3.8) is 0 Å². The van der Waals surface area contributed by atoms with E-state index in [0.717, 1.165) is 6.42 Å². The maximum atomic E-state index is 11.9. The standard InChI is InChI=1S/C12H20N4O2/c1-12(2,3)18-11(17)15-7-5-9(8-15)16-10(13)4-6-14-16/h4,6,9H,5,7-8,13H2,1-3H3. The number of hydrogen-bond acceptors (Lipinski definition) is 4. The molecular weight excluding hydrogens is 232 g/mol. The van der Waals surface area contributed by atoms with Crippen molar-refractivity contribution in [2.24, 2.45) is 0 Å². The highest BCUT2D eigenvalue weighted by Crippen LogP contribution is 2.24. The topological polar surface area (TPSA) is 73.4 Å². The average molecular weight is 252 g/mol. The Hall–Kier alpha value is -1.72. The van der Waals surface area contributed by atoms with E-state index in [1.807, 2.05) is 20.8 Å². The van der Waals surface area contributed by atoms with Gasteiger partial charge in [0.25, 0.3) is 0 Å². The Bertz CT molecular complexity index is 436. The minimum atomic E-state index is -0.458. The second-order valence-corrected chi connectivity index (χ2v) is 5.57. The highest BCUT2D eigenvalue weighted by Gasteiger charge is 2.31. The average Bonchev–Trinajstić information content (AvgIpc) is 2.82. The number of nitrogens with zero attached hydrogens (tertiary/aromatic N) is 3. The number of amides is 1. The Morgan fingerprint density at radius 2 is 2.28 bits per heavy atom. The van der Waals surface area contributed by atoms with Crippen LogP contribution in [0.15, 0.2) is 12.3 Å². The van der Waals surface area contributed by atoms with Gasteiger partial charge in [-0.3, -0.25) is 0 Å². The number of aromatic nitrogens is 2. The molecule has 1 fully saturated rings. The maximum Gasteiger partial charge on any atom is 0.410 e. The van der Waals surface area contributed by atoms with Crippen molar-refractivity contribution in [3.05, 3.63) is 12.3 Å². The number of likely N-dealkylation sites (tertiary alicyclic amines) is 1. The molecule has 2 rings (SSSR count). The fourth-order valence-electron chi connectivity index (χ4n) is 2.06. The van der Waals surface area contributed by atoms with Crippen molar-refractivity contribution in [1.82, 2.24) is 14.7 Å². The number of nitrogen functional groups attached to an aromatic ring is 1. The summed E-state index contributed by atoms with van der Waals surface area (Å²) in [6.45, 7) is 6.87. The molecule has 2 heterocycles. The summed E-state index contributed by atoms with van der Waals surface area (Å²) in [7, 11) is 0. The zero-order valence-electron chi connectivity index (χ0n) is 11.1. The molecule has 6 nitrogen and oxygen atoms in total. The van der Waals surface area contributed by atoms with Gasteiger partial charge in [0, 0.05) is 13.1 Å². The van der Waals surface area contributed by atoms with Crippen LogP contribution >= 0.6 is 0 Å². The first-order valence-corrected chi connectivity index (χ1v) is 6.14. The fourth-order valence-corrected chi connectivity index (χ4v) is 2.06. The van der Waals surface area contributed by atoms with Crippen LogP contribution in [0.25, 0.3) is 0 Å². The number of carbonyl (C=O) groups is 1. The molecule has 18 heavy (non-hydrogen) atoms. The van der Waals surface area contributed by atoms with Crippen LogP contribution in [0.5, 0.6) is 0 Å². The zero-order chi connectivity index (χ0) is 13.3. The molecule has 0 spiro atoms. The Morgan fingerprint density at radius 3 is 2.83 bits per heavy atom. The van der Waals surface area contributed by atoms with E-state index in [1.54, 1.807) is 21.8 Å². The molecule has 0 bridgehead atoms. The van der Waals surface area contributed by atoms with Crippen LogP contribution in [0.2, 0.25) is 0 Å². The van der Waals surface area contributed by atoms with Crippen molar-refractivity contribution < 1.29 is 9.53 Å². The van der Waals surface area contributed by atoms with E-state index in [4.69, 9.17) is 10.5 Å². The molecule has 1 saturated heterocycles. The number of hydrogen-bond donors (Lipinski definition) is 1. The molecule has 1 aromatic heterocycles. The zero-order valence-corrected chi connectivity index (χ0v) is 11.1. The van der Waals surface area contributed by atoms with Crippen molar-refractivity contribution in [3.8, 4) is 0 Å². The highest BCUT2D eigenvalue weighted by atomic mass is 16.6. The summed E-state index contributed by atoms with van der Waals surface area (Å²) in [5.74, 6) is 0.631. The number of ether oxygens (including phenoxy) is 1. The Balaban J connectivity index is 1.97. The molecule has 100 valence electrons. The van der Waals surface area contributed by atoms with E-state index < -0.39 is 5.60 Å². The third-order valence-corrected chi connectivity index (χ3v) is 2.86. The number of anilines is 1. The van der Waals surface area contributed by atoms with Crippen molar-refractivity contribution >= 4 is 11.9 Å². The molecule has 6 heteroatoms. The minimum absolute atomic E-state index is 0.146. The van der Waals surface area contributed by atoms with Crippen LogP contribution in [0.3, 0.4) is 0 Å². The second-order valence-electron chi connectivity index (χ2n) is 5.57. The van der Waals surface area contributed by atoms with Crippen LogP contribution < -0.4 is 5.73 Å². The highest BCUT2D eigenvalue weighted by molar-refractivity contribution is 5.68. The molecule has 0 saturated carbocycles. The molecule has 0 radical (unpaired) electrons. The first kappa shape index (κ1) is 12.7. The van der Waals surface area contributed by atoms with Crippen LogP contribution in [0.1, 0.15) is 33.2 Å². The molecular formula is C12H20N4O2. The summed E-state index contributed by atoms with van der Waals surface area (Å²) in [4.78, 5) is 13.6. The molecule has 1 aromatic rings. The monoisotopic (exact) mass is 252 g/mol. The molecule has 1 aliphatic rings. The summed E-state index contributed by atoms with van der Waals surface area (Å²) < 4.78 is 7.11. The normalized spacial score (nSPS) is 20.2. The van der Waals surface area contributed by atoms with Crippen LogP contribution in [0, 0.1) is 0 Å². The lowest BCUT2D eigenvalue weighted by molar-refractivity contribution is 0.0288. The SMILES string of the molecule is CC(C)(C)OC(=O)N1CCC(n2nccc2N)C1. The van der Waals surface area contributed by atoms with Gasteiger partial charge in [-0.05, 0) is 33.3 Å². The molecule has 0 aliphatic carbocycles. The Morgan fingerprint density at radius 1 is 1.56 bits per heavy atom. The summed E-state index contributed by atoms with van der Waals surface area (Å²) in [6.07, 6.45) is 2.26. The third-order valence-electron chi connectivity index (χ3n) is 2.86. The minimum Gasteiger partial charge on any atom is -0.444 e. The lowest BCUT2D eigenvalue weighted by Gasteiger charge is -2.24. The number of rotatable bonds is 1. The number of nitrogens with two attached hydrogens (primary N) is 1. The summed E-state index contributed by atoms with van der Waals surface area (Å²) in [6, 6.07) is 1.91. The van der Waals surface area contributed by atoms with E-state index >= 15 is 0 Å². The molecule has 1 atom stereocenters. The lowest BCUT2D eigenvalue weighted by Crippen LogP contribution is -2.35. The van der Waals surface area contributed by atoms with Gasteiger partial charge < -0.3 is 15.4 Å². The first-order chi connectivity index (χ1) is 8.37. The Kier molecular flexibility index (Phi) is 3.19. The van der Waals surface area contributed by atoms with Crippen molar-refractivity contribution in [2.75, 3.05) is 18.8 Å². The van der Waals surface area contributed by atoms with E-state index in [2.05, 4.69) is 5.10 Å². The molecule has 1 amide bonds. The smallest absolute Gasteiger partial charge is 0.410 e. The van der Waals surface area contributed by atoms with Crippen molar-refractivity contribution in [1.29, 1.82) is 0 Å². The van der Waals surface area contributed by atoms with Gasteiger partial charge in [0.1, 0.15) is 11.4 Å². The lowest BCUT2D eigenvalue weighted by atomic mass is 10.2.